The molecule has 4 heterocycles. The summed E-state index contributed by atoms with van der Waals surface area (Å²) in [5.41, 5.74) is 0. The molecule has 4 aliphatic heterocycles. The lowest BCUT2D eigenvalue weighted by molar-refractivity contribution is 0.0767. The highest BCUT2D eigenvalue weighted by Crippen LogP contribution is 2.47. The van der Waals surface area contributed by atoms with E-state index in [-0.39, 0.29) is 29.7 Å². The summed E-state index contributed by atoms with van der Waals surface area (Å²) in [5, 5.41) is 3.27. The molecular weight excluding hydrogens is 487 g/mol. The third-order valence-corrected chi connectivity index (χ3v) is 8.79. The van der Waals surface area contributed by atoms with E-state index in [1.807, 2.05) is 11.8 Å². The summed E-state index contributed by atoms with van der Waals surface area (Å²) in [6.45, 7) is 3.64. The number of hydrogen-bond acceptors (Lipinski definition) is 5. The molecule has 150 valence electrons. The van der Waals surface area contributed by atoms with Gasteiger partial charge in [-0.1, -0.05) is 0 Å². The first-order valence-corrected chi connectivity index (χ1v) is 12.0. The van der Waals surface area contributed by atoms with Gasteiger partial charge >= 0.3 is 0 Å². The van der Waals surface area contributed by atoms with Gasteiger partial charge < -0.3 is 15.0 Å². The van der Waals surface area contributed by atoms with Gasteiger partial charge in [-0.25, -0.2) is 12.7 Å². The maximum Gasteiger partial charge on any atom is 0.215 e. The maximum atomic E-state index is 12.4. The fourth-order valence-electron chi connectivity index (χ4n) is 4.71. The molecule has 0 amide bonds. The Morgan fingerprint density at radius 2 is 1.81 bits per heavy atom. The molecule has 0 spiro atoms. The van der Waals surface area contributed by atoms with Gasteiger partial charge in [0.15, 0.2) is 5.96 Å². The number of hydrogen-bond donors (Lipinski definition) is 1. The van der Waals surface area contributed by atoms with E-state index in [1.165, 1.54) is 12.8 Å². The zero-order valence-corrected chi connectivity index (χ0v) is 19.1. The summed E-state index contributed by atoms with van der Waals surface area (Å²) in [4.78, 5) is 6.66. The Balaban J connectivity index is 0.00000196. The lowest BCUT2D eigenvalue weighted by Gasteiger charge is -2.26. The summed E-state index contributed by atoms with van der Waals surface area (Å²) in [6.07, 6.45) is 3.24. The zero-order chi connectivity index (χ0) is 17.4. The summed E-state index contributed by atoms with van der Waals surface area (Å²) >= 11 is 1.82. The minimum atomic E-state index is -3.17. The van der Waals surface area contributed by atoms with Crippen molar-refractivity contribution in [2.45, 2.75) is 25.0 Å². The molecule has 4 rings (SSSR count). The van der Waals surface area contributed by atoms with Crippen LogP contribution in [-0.2, 0) is 14.8 Å². The number of fused-ring (bicyclic) bond motifs is 5. The molecule has 0 aromatic carbocycles. The van der Waals surface area contributed by atoms with Gasteiger partial charge in [-0.3, -0.25) is 4.99 Å². The molecule has 0 saturated carbocycles. The first kappa shape index (κ1) is 20.9. The fourth-order valence-corrected chi connectivity index (χ4v) is 7.20. The maximum absolute atomic E-state index is 12.4. The van der Waals surface area contributed by atoms with Crippen LogP contribution in [0.5, 0.6) is 0 Å². The van der Waals surface area contributed by atoms with Crippen LogP contribution in [0.1, 0.15) is 12.8 Å². The van der Waals surface area contributed by atoms with Crippen molar-refractivity contribution >= 4 is 51.7 Å². The van der Waals surface area contributed by atoms with Crippen molar-refractivity contribution in [3.05, 3.63) is 0 Å². The third kappa shape index (κ3) is 4.13. The van der Waals surface area contributed by atoms with Crippen LogP contribution in [0.3, 0.4) is 0 Å². The van der Waals surface area contributed by atoms with Gasteiger partial charge in [0.1, 0.15) is 0 Å². The zero-order valence-electron chi connectivity index (χ0n) is 15.2. The number of nitrogens with one attached hydrogen (secondary N) is 1. The van der Waals surface area contributed by atoms with E-state index >= 15 is 0 Å². The molecule has 7 nitrogen and oxygen atoms in total. The van der Waals surface area contributed by atoms with Crippen LogP contribution in [0.15, 0.2) is 4.99 Å². The molecule has 0 aromatic rings. The summed E-state index contributed by atoms with van der Waals surface area (Å²) < 4.78 is 32.5. The summed E-state index contributed by atoms with van der Waals surface area (Å²) in [7, 11) is -1.39. The molecule has 10 heteroatoms. The molecular formula is C16H29IN4O3S2. The lowest BCUT2D eigenvalue weighted by Crippen LogP contribution is -2.45. The normalized spacial score (nSPS) is 34.7. The van der Waals surface area contributed by atoms with Crippen LogP contribution in [0.25, 0.3) is 0 Å². The molecule has 4 fully saturated rings. The molecule has 2 bridgehead atoms. The van der Waals surface area contributed by atoms with Crippen LogP contribution < -0.4 is 5.32 Å². The molecule has 1 N–H and O–H groups in total. The van der Waals surface area contributed by atoms with Crippen molar-refractivity contribution < 1.29 is 13.2 Å². The number of aliphatic imine (C=N–C) groups is 1. The number of rotatable bonds is 4. The van der Waals surface area contributed by atoms with Crippen molar-refractivity contribution in [1.82, 2.24) is 14.5 Å². The minimum Gasteiger partial charge on any atom is -0.374 e. The molecule has 4 unspecified atom stereocenters. The van der Waals surface area contributed by atoms with Gasteiger partial charge in [-0.2, -0.15) is 11.8 Å². The molecule has 0 radical (unpaired) electrons. The number of ether oxygens (including phenoxy) is 1. The van der Waals surface area contributed by atoms with Gasteiger partial charge in [0.2, 0.25) is 10.0 Å². The Morgan fingerprint density at radius 3 is 2.38 bits per heavy atom. The first-order chi connectivity index (χ1) is 12.1. The average molecular weight is 516 g/mol. The molecule has 26 heavy (non-hydrogen) atoms. The molecule has 4 saturated heterocycles. The largest absolute Gasteiger partial charge is 0.374 e. The number of halogens is 1. The Bertz CT molecular complexity index is 609. The van der Waals surface area contributed by atoms with Crippen LogP contribution in [0.4, 0.5) is 0 Å². The van der Waals surface area contributed by atoms with Crippen molar-refractivity contribution in [2.24, 2.45) is 16.8 Å². The van der Waals surface area contributed by atoms with Crippen LogP contribution in [0, 0.1) is 11.8 Å². The predicted molar refractivity (Wildman–Crippen MR) is 116 cm³/mol. The Morgan fingerprint density at radius 1 is 1.19 bits per heavy atom. The van der Waals surface area contributed by atoms with Gasteiger partial charge in [0.05, 0.1) is 18.0 Å². The van der Waals surface area contributed by atoms with Crippen molar-refractivity contribution in [2.75, 3.05) is 57.0 Å². The van der Waals surface area contributed by atoms with E-state index < -0.39 is 10.0 Å². The van der Waals surface area contributed by atoms with E-state index in [0.29, 0.717) is 43.7 Å². The number of thioether (sulfide) groups is 1. The van der Waals surface area contributed by atoms with Crippen LogP contribution in [-0.4, -0.2) is 92.8 Å². The van der Waals surface area contributed by atoms with Gasteiger partial charge in [-0.05, 0) is 12.8 Å². The van der Waals surface area contributed by atoms with E-state index in [0.717, 1.165) is 30.6 Å². The highest BCUT2D eigenvalue weighted by atomic mass is 127. The molecule has 0 aliphatic carbocycles. The smallest absolute Gasteiger partial charge is 0.215 e. The Kier molecular flexibility index (Phi) is 7.01. The third-order valence-electron chi connectivity index (χ3n) is 5.97. The Hall–Kier alpha value is 0.220. The quantitative estimate of drug-likeness (QED) is 0.337. The lowest BCUT2D eigenvalue weighted by atomic mass is 9.82. The number of likely N-dealkylation sites (tertiary alicyclic amines) is 1. The second-order valence-electron chi connectivity index (χ2n) is 7.32. The Labute approximate surface area is 177 Å². The fraction of sp³-hybridized carbons (Fsp3) is 0.938. The summed E-state index contributed by atoms with van der Waals surface area (Å²) in [5.74, 6) is 3.99. The van der Waals surface area contributed by atoms with Crippen LogP contribution >= 0.6 is 35.7 Å². The monoisotopic (exact) mass is 516 g/mol. The SMILES string of the molecule is CN=C(NCCS(=O)(=O)N1CCSCC1)N1CC2C3CCC(O3)C2C1.I. The van der Waals surface area contributed by atoms with Gasteiger partial charge in [0, 0.05) is 63.1 Å². The molecule has 4 atom stereocenters. The predicted octanol–water partition coefficient (Wildman–Crippen LogP) is 0.668. The van der Waals surface area contributed by atoms with Crippen molar-refractivity contribution in [1.29, 1.82) is 0 Å². The van der Waals surface area contributed by atoms with Gasteiger partial charge in [0.25, 0.3) is 0 Å². The summed E-state index contributed by atoms with van der Waals surface area (Å²) in [6, 6.07) is 0. The van der Waals surface area contributed by atoms with E-state index in [9.17, 15) is 8.42 Å². The van der Waals surface area contributed by atoms with E-state index in [2.05, 4.69) is 15.2 Å². The molecule has 4 aliphatic rings. The van der Waals surface area contributed by atoms with Crippen molar-refractivity contribution in [3.63, 3.8) is 0 Å². The topological polar surface area (TPSA) is 74.2 Å². The minimum absolute atomic E-state index is 0. The average Bonchev–Trinajstić information content (AvgIpc) is 3.32. The number of sulfonamides is 1. The first-order valence-electron chi connectivity index (χ1n) is 9.25. The second-order valence-corrected chi connectivity index (χ2v) is 10.6. The van der Waals surface area contributed by atoms with Crippen molar-refractivity contribution in [3.8, 4) is 0 Å². The standard InChI is InChI=1S/C16H28N4O3S2.HI/c1-17-16(18-4-9-25(21,22)20-5-7-24-8-6-20)19-10-12-13(11-19)15-3-2-14(12)23-15;/h12-15H,2-11H2,1H3,(H,17,18);1H. The van der Waals surface area contributed by atoms with E-state index in [1.54, 1.807) is 11.4 Å². The molecule has 0 aromatic heterocycles. The highest BCUT2D eigenvalue weighted by molar-refractivity contribution is 14.0. The highest BCUT2D eigenvalue weighted by Gasteiger charge is 2.53. The van der Waals surface area contributed by atoms with E-state index in [4.69, 9.17) is 4.74 Å². The van der Waals surface area contributed by atoms with Crippen LogP contribution in [0.2, 0.25) is 0 Å². The van der Waals surface area contributed by atoms with Gasteiger partial charge in [-0.15, -0.1) is 24.0 Å². The second kappa shape index (κ2) is 8.71. The number of nitrogens with zero attached hydrogens (tertiary/aromatic N) is 3. The number of guanidine groups is 1.